The van der Waals surface area contributed by atoms with Gasteiger partial charge in [0.1, 0.15) is 5.54 Å². The van der Waals surface area contributed by atoms with Crippen molar-refractivity contribution in [2.24, 2.45) is 0 Å². The van der Waals surface area contributed by atoms with Gasteiger partial charge in [-0.15, -0.1) is 0 Å². The minimum atomic E-state index is -0.603. The standard InChI is InChI=1S/C14H20N6O3/c1-3-9-15-13(23-19-9)17-12(21)18-14(7-5-6-8-14)11-16-10(4-2)22-20-11/h3-8H2,1-2H3,(H2,15,17,18,19,21). The van der Waals surface area contributed by atoms with Gasteiger partial charge in [-0.2, -0.15) is 9.97 Å². The summed E-state index contributed by atoms with van der Waals surface area (Å²) in [4.78, 5) is 20.7. The molecule has 9 nitrogen and oxygen atoms in total. The minimum absolute atomic E-state index is 0.0786. The van der Waals surface area contributed by atoms with E-state index in [1.54, 1.807) is 0 Å². The fourth-order valence-corrected chi connectivity index (χ4v) is 2.77. The number of carbonyl (C=O) groups is 1. The molecule has 2 aromatic heterocycles. The molecule has 1 fully saturated rings. The van der Waals surface area contributed by atoms with Crippen LogP contribution in [0.2, 0.25) is 0 Å². The highest BCUT2D eigenvalue weighted by atomic mass is 16.5. The molecule has 0 saturated heterocycles. The molecule has 124 valence electrons. The zero-order chi connectivity index (χ0) is 16.3. The molecule has 1 aliphatic rings. The Morgan fingerprint density at radius 1 is 1.13 bits per heavy atom. The van der Waals surface area contributed by atoms with Crippen molar-refractivity contribution in [3.05, 3.63) is 17.5 Å². The number of amides is 2. The fourth-order valence-electron chi connectivity index (χ4n) is 2.77. The molecule has 0 radical (unpaired) electrons. The first-order valence-electron chi connectivity index (χ1n) is 7.90. The summed E-state index contributed by atoms with van der Waals surface area (Å²) < 4.78 is 10.2. The molecule has 23 heavy (non-hydrogen) atoms. The summed E-state index contributed by atoms with van der Waals surface area (Å²) in [6, 6.07) is -0.337. The van der Waals surface area contributed by atoms with Gasteiger partial charge in [0, 0.05) is 12.8 Å². The highest BCUT2D eigenvalue weighted by Crippen LogP contribution is 2.37. The monoisotopic (exact) mass is 320 g/mol. The Balaban J connectivity index is 1.72. The Morgan fingerprint density at radius 3 is 2.52 bits per heavy atom. The van der Waals surface area contributed by atoms with Crippen molar-refractivity contribution in [3.63, 3.8) is 0 Å². The lowest BCUT2D eigenvalue weighted by Crippen LogP contribution is -2.46. The number of hydrogen-bond donors (Lipinski definition) is 2. The second-order valence-electron chi connectivity index (χ2n) is 5.60. The van der Waals surface area contributed by atoms with Crippen LogP contribution in [0.4, 0.5) is 10.8 Å². The van der Waals surface area contributed by atoms with E-state index in [1.807, 2.05) is 13.8 Å². The first kappa shape index (κ1) is 15.4. The van der Waals surface area contributed by atoms with Crippen LogP contribution in [0.1, 0.15) is 57.1 Å². The third-order valence-electron chi connectivity index (χ3n) is 4.01. The molecule has 1 aliphatic carbocycles. The first-order chi connectivity index (χ1) is 11.1. The smallest absolute Gasteiger partial charge is 0.329 e. The Labute approximate surface area is 133 Å². The van der Waals surface area contributed by atoms with Crippen LogP contribution in [0.5, 0.6) is 0 Å². The lowest BCUT2D eigenvalue weighted by Gasteiger charge is -2.26. The number of nitrogens with one attached hydrogen (secondary N) is 2. The van der Waals surface area contributed by atoms with E-state index in [-0.39, 0.29) is 6.01 Å². The van der Waals surface area contributed by atoms with Crippen LogP contribution in [0.25, 0.3) is 0 Å². The molecule has 2 aromatic rings. The summed E-state index contributed by atoms with van der Waals surface area (Å²) in [6.45, 7) is 3.85. The van der Waals surface area contributed by atoms with Crippen LogP contribution < -0.4 is 10.6 Å². The van der Waals surface area contributed by atoms with E-state index in [9.17, 15) is 4.79 Å². The SMILES string of the molecule is CCc1noc(NC(=O)NC2(c3noc(CC)n3)CCCC2)n1. The molecule has 0 atom stereocenters. The summed E-state index contributed by atoms with van der Waals surface area (Å²) in [5.41, 5.74) is -0.603. The van der Waals surface area contributed by atoms with Crippen molar-refractivity contribution < 1.29 is 13.8 Å². The van der Waals surface area contributed by atoms with Crippen molar-refractivity contribution in [3.8, 4) is 0 Å². The molecule has 2 heterocycles. The highest BCUT2D eigenvalue weighted by molar-refractivity contribution is 5.87. The molecular weight excluding hydrogens is 300 g/mol. The Bertz CT molecular complexity index is 674. The van der Waals surface area contributed by atoms with Gasteiger partial charge in [0.05, 0.1) is 0 Å². The van der Waals surface area contributed by atoms with Gasteiger partial charge in [0.15, 0.2) is 11.6 Å². The van der Waals surface area contributed by atoms with Gasteiger partial charge in [0.2, 0.25) is 5.89 Å². The predicted octanol–water partition coefficient (Wildman–Crippen LogP) is 2.17. The third-order valence-corrected chi connectivity index (χ3v) is 4.01. The third kappa shape index (κ3) is 3.17. The van der Waals surface area contributed by atoms with Gasteiger partial charge in [-0.05, 0) is 12.8 Å². The van der Waals surface area contributed by atoms with Crippen molar-refractivity contribution in [2.75, 3.05) is 5.32 Å². The quantitative estimate of drug-likeness (QED) is 0.866. The second kappa shape index (κ2) is 6.35. The number of rotatable bonds is 5. The number of aromatic nitrogens is 4. The lowest BCUT2D eigenvalue weighted by atomic mass is 9.97. The van der Waals surface area contributed by atoms with E-state index in [0.717, 1.165) is 25.7 Å². The average molecular weight is 320 g/mol. The van der Waals surface area contributed by atoms with Gasteiger partial charge in [-0.3, -0.25) is 5.32 Å². The van der Waals surface area contributed by atoms with E-state index in [1.165, 1.54) is 0 Å². The Hall–Kier alpha value is -2.45. The number of hydrogen-bond acceptors (Lipinski definition) is 7. The molecule has 0 aromatic carbocycles. The molecule has 1 saturated carbocycles. The van der Waals surface area contributed by atoms with Crippen LogP contribution in [-0.4, -0.2) is 26.3 Å². The molecule has 2 N–H and O–H groups in total. The number of anilines is 1. The number of carbonyl (C=O) groups excluding carboxylic acids is 1. The second-order valence-corrected chi connectivity index (χ2v) is 5.60. The van der Waals surface area contributed by atoms with E-state index >= 15 is 0 Å². The largest absolute Gasteiger partial charge is 0.339 e. The van der Waals surface area contributed by atoms with Crippen molar-refractivity contribution in [1.82, 2.24) is 25.6 Å². The van der Waals surface area contributed by atoms with Crippen LogP contribution in [0.15, 0.2) is 9.05 Å². The maximum atomic E-state index is 12.3. The lowest BCUT2D eigenvalue weighted by molar-refractivity contribution is 0.231. The molecule has 2 amide bonds. The van der Waals surface area contributed by atoms with Gasteiger partial charge < -0.3 is 14.4 Å². The zero-order valence-electron chi connectivity index (χ0n) is 13.3. The Kier molecular flexibility index (Phi) is 4.26. The Morgan fingerprint density at radius 2 is 1.91 bits per heavy atom. The van der Waals surface area contributed by atoms with Crippen LogP contribution in [0.3, 0.4) is 0 Å². The number of urea groups is 1. The van der Waals surface area contributed by atoms with Crippen LogP contribution >= 0.6 is 0 Å². The maximum absolute atomic E-state index is 12.3. The van der Waals surface area contributed by atoms with Crippen molar-refractivity contribution in [1.29, 1.82) is 0 Å². The molecule has 0 spiro atoms. The molecule has 3 rings (SSSR count). The first-order valence-corrected chi connectivity index (χ1v) is 7.90. The molecule has 9 heteroatoms. The molecule has 0 unspecified atom stereocenters. The van der Waals surface area contributed by atoms with E-state index in [2.05, 4.69) is 30.9 Å². The van der Waals surface area contributed by atoms with E-state index in [4.69, 9.17) is 9.05 Å². The molecule has 0 aliphatic heterocycles. The maximum Gasteiger partial charge on any atom is 0.329 e. The van der Waals surface area contributed by atoms with Gasteiger partial charge in [0.25, 0.3) is 0 Å². The average Bonchev–Trinajstić information content (AvgIpc) is 3.27. The van der Waals surface area contributed by atoms with Crippen LogP contribution in [0, 0.1) is 0 Å². The van der Waals surface area contributed by atoms with Crippen LogP contribution in [-0.2, 0) is 18.4 Å². The van der Waals surface area contributed by atoms with Gasteiger partial charge in [-0.1, -0.05) is 37.0 Å². The normalized spacial score (nSPS) is 16.4. The number of aryl methyl sites for hydroxylation is 2. The summed E-state index contributed by atoms with van der Waals surface area (Å²) in [6.07, 6.45) is 4.84. The van der Waals surface area contributed by atoms with E-state index < -0.39 is 11.6 Å². The van der Waals surface area contributed by atoms with Gasteiger partial charge >= 0.3 is 12.0 Å². The summed E-state index contributed by atoms with van der Waals surface area (Å²) in [5, 5.41) is 13.3. The molecular formula is C14H20N6O3. The fraction of sp³-hybridized carbons (Fsp3) is 0.643. The van der Waals surface area contributed by atoms with Crippen molar-refractivity contribution in [2.45, 2.75) is 57.9 Å². The number of nitrogens with zero attached hydrogens (tertiary/aromatic N) is 4. The zero-order valence-corrected chi connectivity index (χ0v) is 13.3. The van der Waals surface area contributed by atoms with Gasteiger partial charge in [-0.25, -0.2) is 4.79 Å². The topological polar surface area (TPSA) is 119 Å². The summed E-state index contributed by atoms with van der Waals surface area (Å²) >= 11 is 0. The predicted molar refractivity (Wildman–Crippen MR) is 79.7 cm³/mol. The van der Waals surface area contributed by atoms with E-state index in [0.29, 0.717) is 30.4 Å². The molecule has 0 bridgehead atoms. The summed E-state index contributed by atoms with van der Waals surface area (Å²) in [5.74, 6) is 1.64. The van der Waals surface area contributed by atoms with Crippen molar-refractivity contribution >= 4 is 12.0 Å². The minimum Gasteiger partial charge on any atom is -0.339 e. The summed E-state index contributed by atoms with van der Waals surface area (Å²) in [7, 11) is 0. The highest BCUT2D eigenvalue weighted by Gasteiger charge is 2.41.